The van der Waals surface area contributed by atoms with Crippen LogP contribution in [0.2, 0.25) is 0 Å². The van der Waals surface area contributed by atoms with Gasteiger partial charge in [0.05, 0.1) is 20.3 Å². The van der Waals surface area contributed by atoms with Crippen LogP contribution in [0.25, 0.3) is 0 Å². The summed E-state index contributed by atoms with van der Waals surface area (Å²) >= 11 is 0. The van der Waals surface area contributed by atoms with Crippen LogP contribution in [-0.2, 0) is 9.47 Å². The highest BCUT2D eigenvalue weighted by Crippen LogP contribution is 2.46. The third-order valence-corrected chi connectivity index (χ3v) is 3.39. The highest BCUT2D eigenvalue weighted by Gasteiger charge is 2.38. The van der Waals surface area contributed by atoms with Crippen LogP contribution in [0.4, 0.5) is 0 Å². The van der Waals surface area contributed by atoms with E-state index in [-0.39, 0.29) is 11.7 Å². The number of hydrogen-bond donors (Lipinski definition) is 2. The fourth-order valence-electron chi connectivity index (χ4n) is 2.56. The number of ether oxygens (including phenoxy) is 4. The van der Waals surface area contributed by atoms with Crippen LogP contribution in [0.15, 0.2) is 12.1 Å². The van der Waals surface area contributed by atoms with E-state index in [2.05, 4.69) is 0 Å². The Hall–Kier alpha value is -1.50. The van der Waals surface area contributed by atoms with E-state index < -0.39 is 12.6 Å². The Morgan fingerprint density at radius 2 is 2.00 bits per heavy atom. The molecule has 0 radical (unpaired) electrons. The molecule has 6 heteroatoms. The summed E-state index contributed by atoms with van der Waals surface area (Å²) in [6, 6.07) is 3.15. The highest BCUT2D eigenvalue weighted by atomic mass is 16.7. The summed E-state index contributed by atoms with van der Waals surface area (Å²) in [5.74, 6) is 0.676. The molecular weight excluding hydrogens is 252 g/mol. The van der Waals surface area contributed by atoms with Gasteiger partial charge in [0.2, 0.25) is 0 Å². The Kier molecular flexibility index (Phi) is 3.22. The molecule has 0 saturated carbocycles. The average molecular weight is 268 g/mol. The van der Waals surface area contributed by atoms with Gasteiger partial charge in [0.15, 0.2) is 12.6 Å². The van der Waals surface area contributed by atoms with Crippen LogP contribution in [0.1, 0.15) is 17.9 Å². The maximum atomic E-state index is 10.1. The first-order valence-corrected chi connectivity index (χ1v) is 6.18. The third-order valence-electron chi connectivity index (χ3n) is 3.39. The molecule has 2 aliphatic heterocycles. The second kappa shape index (κ2) is 4.88. The summed E-state index contributed by atoms with van der Waals surface area (Å²) in [5, 5.41) is 19.9. The zero-order valence-electron chi connectivity index (χ0n) is 10.5. The summed E-state index contributed by atoms with van der Waals surface area (Å²) in [4.78, 5) is 0. The fraction of sp³-hybridized carbons (Fsp3) is 0.538. The van der Waals surface area contributed by atoms with Crippen molar-refractivity contribution in [1.82, 2.24) is 0 Å². The van der Waals surface area contributed by atoms with E-state index in [9.17, 15) is 10.2 Å². The summed E-state index contributed by atoms with van der Waals surface area (Å²) in [7, 11) is 1.50. The van der Waals surface area contributed by atoms with Crippen LogP contribution in [-0.4, -0.2) is 43.1 Å². The van der Waals surface area contributed by atoms with Gasteiger partial charge >= 0.3 is 0 Å². The SMILES string of the molecule is COc1cc(O)c2c(c1)O[C@@H](O)C[C@H]2C1OCCO1. The quantitative estimate of drug-likeness (QED) is 0.832. The van der Waals surface area contributed by atoms with Gasteiger partial charge in [-0.15, -0.1) is 0 Å². The first-order chi connectivity index (χ1) is 9.19. The lowest BCUT2D eigenvalue weighted by Crippen LogP contribution is -2.32. The van der Waals surface area contributed by atoms with Crippen LogP contribution >= 0.6 is 0 Å². The van der Waals surface area contributed by atoms with Gasteiger partial charge in [0.1, 0.15) is 17.2 Å². The maximum absolute atomic E-state index is 10.1. The maximum Gasteiger partial charge on any atom is 0.198 e. The molecule has 0 aliphatic carbocycles. The zero-order chi connectivity index (χ0) is 13.4. The Bertz CT molecular complexity index is 468. The number of phenols is 1. The number of methoxy groups -OCH3 is 1. The van der Waals surface area contributed by atoms with Gasteiger partial charge in [-0.2, -0.15) is 0 Å². The van der Waals surface area contributed by atoms with E-state index >= 15 is 0 Å². The molecule has 2 aliphatic rings. The minimum Gasteiger partial charge on any atom is -0.507 e. The second-order valence-electron chi connectivity index (χ2n) is 4.58. The molecule has 2 heterocycles. The third kappa shape index (κ3) is 2.22. The normalized spacial score (nSPS) is 26.8. The van der Waals surface area contributed by atoms with Crippen molar-refractivity contribution >= 4 is 0 Å². The lowest BCUT2D eigenvalue weighted by atomic mass is 9.90. The van der Waals surface area contributed by atoms with E-state index in [1.165, 1.54) is 13.2 Å². The molecule has 0 bridgehead atoms. The van der Waals surface area contributed by atoms with Crippen molar-refractivity contribution in [1.29, 1.82) is 0 Å². The lowest BCUT2D eigenvalue weighted by Gasteiger charge is -2.32. The predicted molar refractivity (Wildman–Crippen MR) is 64.3 cm³/mol. The number of hydrogen-bond acceptors (Lipinski definition) is 6. The molecule has 0 amide bonds. The fourth-order valence-corrected chi connectivity index (χ4v) is 2.56. The standard InChI is InChI=1S/C13H16O6/c1-16-7-4-9(14)12-8(13-17-2-3-18-13)6-11(15)19-10(12)5-7/h4-5,8,11,13-15H,2-3,6H2,1H3/t8-,11-/m1/s1. The van der Waals surface area contributed by atoms with E-state index in [0.717, 1.165) is 0 Å². The molecule has 3 rings (SSSR count). The van der Waals surface area contributed by atoms with E-state index in [4.69, 9.17) is 18.9 Å². The monoisotopic (exact) mass is 268 g/mol. The average Bonchev–Trinajstić information content (AvgIpc) is 2.90. The van der Waals surface area contributed by atoms with Crippen LogP contribution in [0.5, 0.6) is 17.2 Å². The van der Waals surface area contributed by atoms with Gasteiger partial charge in [0, 0.05) is 30.0 Å². The number of fused-ring (bicyclic) bond motifs is 1. The lowest BCUT2D eigenvalue weighted by molar-refractivity contribution is -0.105. The molecule has 0 spiro atoms. The molecular formula is C13H16O6. The first-order valence-electron chi connectivity index (χ1n) is 6.18. The zero-order valence-corrected chi connectivity index (χ0v) is 10.5. The Morgan fingerprint density at radius 3 is 2.68 bits per heavy atom. The Balaban J connectivity index is 2.01. The smallest absolute Gasteiger partial charge is 0.198 e. The van der Waals surface area contributed by atoms with Gasteiger partial charge in [-0.1, -0.05) is 0 Å². The van der Waals surface area contributed by atoms with Crippen LogP contribution in [0.3, 0.4) is 0 Å². The Labute approximate surface area is 110 Å². The van der Waals surface area contributed by atoms with Crippen molar-refractivity contribution < 1.29 is 29.2 Å². The first kappa shape index (κ1) is 12.5. The largest absolute Gasteiger partial charge is 0.507 e. The molecule has 1 aromatic rings. The summed E-state index contributed by atoms with van der Waals surface area (Å²) in [6.45, 7) is 1.04. The van der Waals surface area contributed by atoms with Gasteiger partial charge in [0.25, 0.3) is 0 Å². The van der Waals surface area contributed by atoms with Crippen molar-refractivity contribution in [3.8, 4) is 17.2 Å². The van der Waals surface area contributed by atoms with Gasteiger partial charge in [-0.25, -0.2) is 0 Å². The molecule has 1 aromatic carbocycles. The molecule has 2 atom stereocenters. The van der Waals surface area contributed by atoms with Crippen LogP contribution < -0.4 is 9.47 Å². The molecule has 6 nitrogen and oxygen atoms in total. The van der Waals surface area contributed by atoms with Crippen LogP contribution in [0, 0.1) is 0 Å². The van der Waals surface area contributed by atoms with Crippen molar-refractivity contribution in [2.45, 2.75) is 24.9 Å². The van der Waals surface area contributed by atoms with Crippen molar-refractivity contribution in [2.75, 3.05) is 20.3 Å². The summed E-state index contributed by atoms with van der Waals surface area (Å²) < 4.78 is 21.4. The topological polar surface area (TPSA) is 77.4 Å². The van der Waals surface area contributed by atoms with E-state index in [0.29, 0.717) is 36.7 Å². The predicted octanol–water partition coefficient (Wildman–Crippen LogP) is 0.958. The Morgan fingerprint density at radius 1 is 1.26 bits per heavy atom. The molecule has 1 saturated heterocycles. The van der Waals surface area contributed by atoms with E-state index in [1.807, 2.05) is 0 Å². The molecule has 19 heavy (non-hydrogen) atoms. The molecule has 2 N–H and O–H groups in total. The van der Waals surface area contributed by atoms with Gasteiger partial charge in [-0.3, -0.25) is 0 Å². The van der Waals surface area contributed by atoms with Gasteiger partial charge < -0.3 is 29.2 Å². The second-order valence-corrected chi connectivity index (χ2v) is 4.58. The number of aromatic hydroxyl groups is 1. The molecule has 0 aromatic heterocycles. The minimum absolute atomic E-state index is 0.0605. The molecule has 1 fully saturated rings. The van der Waals surface area contributed by atoms with Crippen molar-refractivity contribution in [3.05, 3.63) is 17.7 Å². The highest BCUT2D eigenvalue weighted by molar-refractivity contribution is 5.53. The number of benzene rings is 1. The van der Waals surface area contributed by atoms with Crippen molar-refractivity contribution in [2.24, 2.45) is 0 Å². The van der Waals surface area contributed by atoms with Gasteiger partial charge in [-0.05, 0) is 0 Å². The van der Waals surface area contributed by atoms with Crippen molar-refractivity contribution in [3.63, 3.8) is 0 Å². The number of phenolic OH excluding ortho intramolecular Hbond substituents is 1. The number of aliphatic hydroxyl groups is 1. The van der Waals surface area contributed by atoms with E-state index in [1.54, 1.807) is 6.07 Å². The minimum atomic E-state index is -0.947. The number of rotatable bonds is 2. The summed E-state index contributed by atoms with van der Waals surface area (Å²) in [6.07, 6.45) is -1.09. The summed E-state index contributed by atoms with van der Waals surface area (Å²) in [5.41, 5.74) is 0.595. The number of aliphatic hydroxyl groups excluding tert-OH is 1. The molecule has 104 valence electrons. The molecule has 0 unspecified atom stereocenters.